The van der Waals surface area contributed by atoms with Gasteiger partial charge < -0.3 is 10.0 Å². The van der Waals surface area contributed by atoms with Crippen LogP contribution in [-0.4, -0.2) is 39.7 Å². The van der Waals surface area contributed by atoms with Crippen molar-refractivity contribution < 1.29 is 14.7 Å². The average Bonchev–Trinajstić information content (AvgIpc) is 2.77. The largest absolute Gasteiger partial charge is 0.480 e. The number of amides is 1. The Morgan fingerprint density at radius 1 is 1.40 bits per heavy atom. The average molecular weight is 313 g/mol. The number of carboxylic acids is 1. The summed E-state index contributed by atoms with van der Waals surface area (Å²) in [6.45, 7) is 5.31. The molecule has 1 amide bonds. The minimum absolute atomic E-state index is 0.177. The molecule has 0 fully saturated rings. The maximum atomic E-state index is 12.6. The lowest BCUT2D eigenvalue weighted by Gasteiger charge is -2.34. The molecule has 0 saturated heterocycles. The molecule has 1 aliphatic heterocycles. The number of carboxylic acid groups (broad SMARTS) is 1. The second-order valence-corrected chi connectivity index (χ2v) is 8.06. The highest BCUT2D eigenvalue weighted by atomic mass is 32.2. The van der Waals surface area contributed by atoms with E-state index in [4.69, 9.17) is 5.11 Å². The minimum atomic E-state index is -0.981. The van der Waals surface area contributed by atoms with Crippen molar-refractivity contribution in [3.8, 4) is 0 Å². The molecule has 0 aromatic carbocycles. The molecular weight excluding hydrogens is 294 g/mol. The maximum absolute atomic E-state index is 12.6. The molecule has 1 aromatic rings. The van der Waals surface area contributed by atoms with Crippen LogP contribution in [0.15, 0.2) is 6.07 Å². The summed E-state index contributed by atoms with van der Waals surface area (Å²) in [4.78, 5) is 27.0. The second kappa shape index (κ2) is 5.77. The molecule has 0 spiro atoms. The highest BCUT2D eigenvalue weighted by molar-refractivity contribution is 7.98. The highest BCUT2D eigenvalue weighted by Crippen LogP contribution is 2.33. The van der Waals surface area contributed by atoms with Crippen molar-refractivity contribution in [1.29, 1.82) is 0 Å². The fourth-order valence-corrected chi connectivity index (χ4v) is 4.46. The molecule has 2 rings (SSSR count). The number of thioether (sulfide) groups is 1. The van der Waals surface area contributed by atoms with Crippen molar-refractivity contribution in [3.05, 3.63) is 21.4 Å². The van der Waals surface area contributed by atoms with E-state index < -0.39 is 11.5 Å². The van der Waals surface area contributed by atoms with E-state index in [-0.39, 0.29) is 12.5 Å². The van der Waals surface area contributed by atoms with E-state index in [0.29, 0.717) is 4.88 Å². The summed E-state index contributed by atoms with van der Waals surface area (Å²) < 4.78 is 0. The van der Waals surface area contributed by atoms with Gasteiger partial charge in [-0.15, -0.1) is 11.3 Å². The van der Waals surface area contributed by atoms with Gasteiger partial charge >= 0.3 is 5.97 Å². The molecule has 0 atom stereocenters. The third-order valence-corrected chi connectivity index (χ3v) is 5.42. The zero-order valence-corrected chi connectivity index (χ0v) is 13.6. The predicted octanol–water partition coefficient (Wildman–Crippen LogP) is 2.86. The van der Waals surface area contributed by atoms with Crippen LogP contribution in [0.2, 0.25) is 0 Å². The third-order valence-electron chi connectivity index (χ3n) is 3.19. The first-order chi connectivity index (χ1) is 9.29. The van der Waals surface area contributed by atoms with Gasteiger partial charge in [-0.25, -0.2) is 0 Å². The van der Waals surface area contributed by atoms with Crippen LogP contribution in [0, 0.1) is 0 Å². The van der Waals surface area contributed by atoms with Crippen LogP contribution in [0.1, 0.15) is 40.9 Å². The zero-order chi connectivity index (χ0) is 14.9. The van der Waals surface area contributed by atoms with Crippen LogP contribution in [-0.2, 0) is 17.0 Å². The summed E-state index contributed by atoms with van der Waals surface area (Å²) in [7, 11) is 0. The maximum Gasteiger partial charge on any atom is 0.323 e. The molecule has 0 radical (unpaired) electrons. The van der Waals surface area contributed by atoms with Gasteiger partial charge in [-0.05, 0) is 44.6 Å². The van der Waals surface area contributed by atoms with Crippen molar-refractivity contribution in [2.24, 2.45) is 0 Å². The summed E-state index contributed by atoms with van der Waals surface area (Å²) >= 11 is 3.39. The van der Waals surface area contributed by atoms with E-state index in [1.165, 1.54) is 26.7 Å². The number of fused-ring (bicyclic) bond motifs is 1. The molecule has 1 aliphatic rings. The molecule has 6 heteroatoms. The van der Waals surface area contributed by atoms with Crippen LogP contribution in [0.25, 0.3) is 0 Å². The Bertz CT molecular complexity index is 508. The van der Waals surface area contributed by atoms with E-state index in [0.717, 1.165) is 17.9 Å². The lowest BCUT2D eigenvalue weighted by Crippen LogP contribution is -2.48. The van der Waals surface area contributed by atoms with E-state index in [1.54, 1.807) is 0 Å². The molecule has 0 bridgehead atoms. The molecular formula is C14H19NO3S2. The molecule has 1 aromatic heterocycles. The fourth-order valence-electron chi connectivity index (χ4n) is 2.13. The molecule has 0 unspecified atom stereocenters. The first-order valence-corrected chi connectivity index (χ1v) is 8.49. The van der Waals surface area contributed by atoms with E-state index in [9.17, 15) is 9.59 Å². The van der Waals surface area contributed by atoms with Crippen LogP contribution in [0.4, 0.5) is 0 Å². The van der Waals surface area contributed by atoms with Gasteiger partial charge in [-0.1, -0.05) is 0 Å². The second-order valence-electron chi connectivity index (χ2n) is 5.82. The first kappa shape index (κ1) is 15.4. The number of aliphatic carboxylic acids is 1. The molecule has 20 heavy (non-hydrogen) atoms. The van der Waals surface area contributed by atoms with E-state index >= 15 is 0 Å². The van der Waals surface area contributed by atoms with Crippen molar-refractivity contribution in [2.75, 3.05) is 12.3 Å². The Morgan fingerprint density at radius 3 is 2.65 bits per heavy atom. The predicted molar refractivity (Wildman–Crippen MR) is 82.6 cm³/mol. The monoisotopic (exact) mass is 313 g/mol. The van der Waals surface area contributed by atoms with Crippen LogP contribution in [0.5, 0.6) is 0 Å². The molecule has 1 N–H and O–H groups in total. The number of rotatable bonds is 3. The third kappa shape index (κ3) is 3.35. The number of hydrogen-bond donors (Lipinski definition) is 1. The Hall–Kier alpha value is -1.01. The number of nitrogens with zero attached hydrogens (tertiary/aromatic N) is 1. The lowest BCUT2D eigenvalue weighted by atomic mass is 10.1. The molecule has 0 aliphatic carbocycles. The molecule has 110 valence electrons. The summed E-state index contributed by atoms with van der Waals surface area (Å²) in [5, 5.41) is 9.01. The van der Waals surface area contributed by atoms with Crippen molar-refractivity contribution in [2.45, 2.75) is 38.5 Å². The van der Waals surface area contributed by atoms with Gasteiger partial charge in [0.25, 0.3) is 5.91 Å². The standard InChI is InChI=1S/C14H19NO3S2/c1-14(2,3)15(7-12(16)17)13(18)11-6-9-8-19-5-4-10(9)20-11/h6H,4-5,7-8H2,1-3H3,(H,16,17). The molecule has 2 heterocycles. The van der Waals surface area contributed by atoms with Gasteiger partial charge in [0.05, 0.1) is 4.88 Å². The number of thiophene rings is 1. The number of carbonyl (C=O) groups is 2. The van der Waals surface area contributed by atoms with Crippen LogP contribution >= 0.6 is 23.1 Å². The van der Waals surface area contributed by atoms with Crippen molar-refractivity contribution in [1.82, 2.24) is 4.90 Å². The quantitative estimate of drug-likeness (QED) is 0.932. The van der Waals surface area contributed by atoms with Gasteiger partial charge in [0, 0.05) is 16.2 Å². The number of hydrogen-bond acceptors (Lipinski definition) is 4. The summed E-state index contributed by atoms with van der Waals surface area (Å²) in [5.74, 6) is 0.891. The Labute approximate surface area is 127 Å². The van der Waals surface area contributed by atoms with Crippen molar-refractivity contribution in [3.63, 3.8) is 0 Å². The topological polar surface area (TPSA) is 57.6 Å². The van der Waals surface area contributed by atoms with E-state index in [1.807, 2.05) is 38.6 Å². The highest BCUT2D eigenvalue weighted by Gasteiger charge is 2.31. The van der Waals surface area contributed by atoms with Gasteiger partial charge in [-0.2, -0.15) is 11.8 Å². The zero-order valence-electron chi connectivity index (χ0n) is 11.9. The van der Waals surface area contributed by atoms with Crippen molar-refractivity contribution >= 4 is 35.0 Å². The molecule has 4 nitrogen and oxygen atoms in total. The lowest BCUT2D eigenvalue weighted by molar-refractivity contribution is -0.138. The van der Waals surface area contributed by atoms with Gasteiger partial charge in [-0.3, -0.25) is 9.59 Å². The summed E-state index contributed by atoms with van der Waals surface area (Å²) in [6, 6.07) is 1.94. The summed E-state index contributed by atoms with van der Waals surface area (Å²) in [5.41, 5.74) is 0.730. The Kier molecular flexibility index (Phi) is 4.44. The Balaban J connectivity index is 2.27. The fraction of sp³-hybridized carbons (Fsp3) is 0.571. The van der Waals surface area contributed by atoms with Gasteiger partial charge in [0.2, 0.25) is 0 Å². The van der Waals surface area contributed by atoms with Gasteiger partial charge in [0.1, 0.15) is 6.54 Å². The van der Waals surface area contributed by atoms with Crippen LogP contribution in [0.3, 0.4) is 0 Å². The van der Waals surface area contributed by atoms with Crippen LogP contribution < -0.4 is 0 Å². The smallest absolute Gasteiger partial charge is 0.323 e. The Morgan fingerprint density at radius 2 is 2.10 bits per heavy atom. The number of aryl methyl sites for hydroxylation is 1. The van der Waals surface area contributed by atoms with E-state index in [2.05, 4.69) is 0 Å². The summed E-state index contributed by atoms with van der Waals surface area (Å²) in [6.07, 6.45) is 1.01. The van der Waals surface area contributed by atoms with Gasteiger partial charge in [0.15, 0.2) is 0 Å². The SMILES string of the molecule is CC(C)(C)N(CC(=O)O)C(=O)c1cc2c(s1)CCSC2. The normalized spacial score (nSPS) is 14.8. The minimum Gasteiger partial charge on any atom is -0.480 e. The molecule has 0 saturated carbocycles. The number of carbonyl (C=O) groups excluding carboxylic acids is 1. The first-order valence-electron chi connectivity index (χ1n) is 6.52.